The van der Waals surface area contributed by atoms with Gasteiger partial charge < -0.3 is 0 Å². The molecule has 0 aliphatic rings. The highest BCUT2D eigenvalue weighted by molar-refractivity contribution is 7.09. The molecular formula is C10H16S. The quantitative estimate of drug-likeness (QED) is 0.642. The van der Waals surface area contributed by atoms with E-state index in [1.807, 2.05) is 11.3 Å². The van der Waals surface area contributed by atoms with E-state index in [4.69, 9.17) is 0 Å². The molecule has 0 saturated carbocycles. The zero-order valence-electron chi connectivity index (χ0n) is 7.34. The van der Waals surface area contributed by atoms with Crippen LogP contribution in [0.15, 0.2) is 17.5 Å². The predicted molar refractivity (Wildman–Crippen MR) is 52.1 cm³/mol. The molecule has 1 aromatic rings. The molecule has 1 heterocycles. The standard InChI is InChI=1S/C10H16S/c1-3-9(4-2)8-10-6-5-7-11-10/h5-7,9H,3-4,8H2,1-2H3. The van der Waals surface area contributed by atoms with E-state index in [1.54, 1.807) is 4.88 Å². The molecule has 0 nitrogen and oxygen atoms in total. The van der Waals surface area contributed by atoms with Crippen molar-refractivity contribution in [3.05, 3.63) is 22.4 Å². The van der Waals surface area contributed by atoms with E-state index in [9.17, 15) is 0 Å². The molecule has 0 aliphatic carbocycles. The third-order valence-electron chi connectivity index (χ3n) is 2.22. The molecule has 1 heteroatoms. The third kappa shape index (κ3) is 2.66. The number of rotatable bonds is 4. The number of thiophene rings is 1. The molecule has 1 rings (SSSR count). The number of hydrogen-bond acceptors (Lipinski definition) is 1. The highest BCUT2D eigenvalue weighted by atomic mass is 32.1. The van der Waals surface area contributed by atoms with E-state index < -0.39 is 0 Å². The van der Waals surface area contributed by atoms with Crippen LogP contribution >= 0.6 is 11.3 Å². The SMILES string of the molecule is CCC(CC)Cc1cccs1. The van der Waals surface area contributed by atoms with E-state index in [1.165, 1.54) is 19.3 Å². The Balaban J connectivity index is 2.41. The van der Waals surface area contributed by atoms with Gasteiger partial charge in [0, 0.05) is 4.88 Å². The van der Waals surface area contributed by atoms with Crippen molar-refractivity contribution in [3.8, 4) is 0 Å². The van der Waals surface area contributed by atoms with Crippen LogP contribution in [-0.2, 0) is 6.42 Å². The summed E-state index contributed by atoms with van der Waals surface area (Å²) in [6.45, 7) is 4.56. The summed E-state index contributed by atoms with van der Waals surface area (Å²) in [7, 11) is 0. The molecule has 0 bridgehead atoms. The fraction of sp³-hybridized carbons (Fsp3) is 0.600. The summed E-state index contributed by atoms with van der Waals surface area (Å²) < 4.78 is 0. The molecule has 0 radical (unpaired) electrons. The van der Waals surface area contributed by atoms with Gasteiger partial charge in [-0.15, -0.1) is 11.3 Å². The molecule has 0 aliphatic heterocycles. The maximum absolute atomic E-state index is 2.28. The molecule has 62 valence electrons. The highest BCUT2D eigenvalue weighted by Crippen LogP contribution is 2.18. The molecular weight excluding hydrogens is 152 g/mol. The first-order valence-corrected chi connectivity index (χ1v) is 5.27. The first-order chi connectivity index (χ1) is 5.36. The molecule has 0 unspecified atom stereocenters. The zero-order valence-corrected chi connectivity index (χ0v) is 8.16. The lowest BCUT2D eigenvalue weighted by Gasteiger charge is -2.09. The van der Waals surface area contributed by atoms with Gasteiger partial charge in [-0.05, 0) is 23.8 Å². The summed E-state index contributed by atoms with van der Waals surface area (Å²) >= 11 is 1.88. The Kier molecular flexibility index (Phi) is 3.64. The second kappa shape index (κ2) is 4.55. The van der Waals surface area contributed by atoms with Gasteiger partial charge in [0.05, 0.1) is 0 Å². The summed E-state index contributed by atoms with van der Waals surface area (Å²) in [5.41, 5.74) is 0. The lowest BCUT2D eigenvalue weighted by molar-refractivity contribution is 0.494. The van der Waals surface area contributed by atoms with Crippen molar-refractivity contribution in [1.29, 1.82) is 0 Å². The molecule has 0 aromatic carbocycles. The largest absolute Gasteiger partial charge is 0.149 e. The lowest BCUT2D eigenvalue weighted by Crippen LogP contribution is -1.99. The summed E-state index contributed by atoms with van der Waals surface area (Å²) in [6.07, 6.45) is 3.91. The molecule has 0 atom stereocenters. The van der Waals surface area contributed by atoms with Crippen LogP contribution in [-0.4, -0.2) is 0 Å². The van der Waals surface area contributed by atoms with E-state index in [0.29, 0.717) is 0 Å². The van der Waals surface area contributed by atoms with E-state index in [-0.39, 0.29) is 0 Å². The Labute approximate surface area is 73.3 Å². The zero-order chi connectivity index (χ0) is 8.10. The van der Waals surface area contributed by atoms with Crippen LogP contribution in [0.3, 0.4) is 0 Å². The van der Waals surface area contributed by atoms with Gasteiger partial charge in [0.15, 0.2) is 0 Å². The van der Waals surface area contributed by atoms with Gasteiger partial charge >= 0.3 is 0 Å². The van der Waals surface area contributed by atoms with Gasteiger partial charge in [0.1, 0.15) is 0 Å². The maximum Gasteiger partial charge on any atom is 0.00479 e. The Morgan fingerprint density at radius 1 is 1.36 bits per heavy atom. The van der Waals surface area contributed by atoms with Gasteiger partial charge in [0.2, 0.25) is 0 Å². The minimum Gasteiger partial charge on any atom is -0.149 e. The average molecular weight is 168 g/mol. The summed E-state index contributed by atoms with van der Waals surface area (Å²) in [4.78, 5) is 1.54. The van der Waals surface area contributed by atoms with Crippen molar-refractivity contribution in [1.82, 2.24) is 0 Å². The Hall–Kier alpha value is -0.300. The van der Waals surface area contributed by atoms with Crippen LogP contribution in [0.1, 0.15) is 31.6 Å². The van der Waals surface area contributed by atoms with E-state index in [2.05, 4.69) is 31.4 Å². The Morgan fingerprint density at radius 3 is 2.55 bits per heavy atom. The number of hydrogen-bond donors (Lipinski definition) is 0. The van der Waals surface area contributed by atoms with Crippen molar-refractivity contribution in [2.45, 2.75) is 33.1 Å². The summed E-state index contributed by atoms with van der Waals surface area (Å²) in [5, 5.41) is 2.16. The average Bonchev–Trinajstić information content (AvgIpc) is 2.52. The maximum atomic E-state index is 2.28. The molecule has 1 aromatic heterocycles. The first-order valence-electron chi connectivity index (χ1n) is 4.39. The van der Waals surface area contributed by atoms with Gasteiger partial charge in [-0.3, -0.25) is 0 Å². The minimum atomic E-state index is 0.897. The molecule has 0 saturated heterocycles. The normalized spacial score (nSPS) is 10.8. The molecule has 0 amide bonds. The Morgan fingerprint density at radius 2 is 2.09 bits per heavy atom. The van der Waals surface area contributed by atoms with Crippen LogP contribution in [0.25, 0.3) is 0 Å². The van der Waals surface area contributed by atoms with Crippen molar-refractivity contribution in [2.75, 3.05) is 0 Å². The topological polar surface area (TPSA) is 0 Å². The lowest BCUT2D eigenvalue weighted by atomic mass is 9.99. The first kappa shape index (κ1) is 8.79. The van der Waals surface area contributed by atoms with Crippen LogP contribution < -0.4 is 0 Å². The molecule has 0 fully saturated rings. The van der Waals surface area contributed by atoms with Crippen LogP contribution in [0, 0.1) is 5.92 Å². The summed E-state index contributed by atoms with van der Waals surface area (Å²) in [5.74, 6) is 0.897. The minimum absolute atomic E-state index is 0.897. The fourth-order valence-corrected chi connectivity index (χ4v) is 2.11. The summed E-state index contributed by atoms with van der Waals surface area (Å²) in [6, 6.07) is 4.38. The van der Waals surface area contributed by atoms with E-state index >= 15 is 0 Å². The molecule has 0 N–H and O–H groups in total. The smallest absolute Gasteiger partial charge is 0.00479 e. The monoisotopic (exact) mass is 168 g/mol. The molecule has 0 spiro atoms. The van der Waals surface area contributed by atoms with Gasteiger partial charge in [-0.2, -0.15) is 0 Å². The Bertz CT molecular complexity index is 173. The van der Waals surface area contributed by atoms with Crippen LogP contribution in [0.4, 0.5) is 0 Å². The van der Waals surface area contributed by atoms with Crippen molar-refractivity contribution >= 4 is 11.3 Å². The third-order valence-corrected chi connectivity index (χ3v) is 3.12. The van der Waals surface area contributed by atoms with Gasteiger partial charge in [0.25, 0.3) is 0 Å². The second-order valence-electron chi connectivity index (χ2n) is 2.97. The van der Waals surface area contributed by atoms with E-state index in [0.717, 1.165) is 5.92 Å². The van der Waals surface area contributed by atoms with Crippen molar-refractivity contribution in [2.24, 2.45) is 5.92 Å². The highest BCUT2D eigenvalue weighted by Gasteiger charge is 2.04. The fourth-order valence-electron chi connectivity index (χ4n) is 1.29. The van der Waals surface area contributed by atoms with Crippen LogP contribution in [0.2, 0.25) is 0 Å². The van der Waals surface area contributed by atoms with Crippen molar-refractivity contribution < 1.29 is 0 Å². The van der Waals surface area contributed by atoms with Crippen LogP contribution in [0.5, 0.6) is 0 Å². The van der Waals surface area contributed by atoms with Gasteiger partial charge in [-0.1, -0.05) is 32.8 Å². The second-order valence-corrected chi connectivity index (χ2v) is 4.00. The van der Waals surface area contributed by atoms with Crippen molar-refractivity contribution in [3.63, 3.8) is 0 Å². The predicted octanol–water partition coefficient (Wildman–Crippen LogP) is 3.73. The van der Waals surface area contributed by atoms with Gasteiger partial charge in [-0.25, -0.2) is 0 Å². The molecule has 11 heavy (non-hydrogen) atoms.